The highest BCUT2D eigenvalue weighted by Gasteiger charge is 2.18. The number of amides is 1. The van der Waals surface area contributed by atoms with Crippen LogP contribution in [0.1, 0.15) is 18.5 Å². The van der Waals surface area contributed by atoms with Gasteiger partial charge in [-0.05, 0) is 48.9 Å². The molecular formula is C24H26N2O6S. The lowest BCUT2D eigenvalue weighted by Gasteiger charge is -2.15. The Bertz CT molecular complexity index is 1180. The predicted octanol–water partition coefficient (Wildman–Crippen LogP) is 3.76. The zero-order valence-electron chi connectivity index (χ0n) is 18.6. The maximum absolute atomic E-state index is 12.7. The molecule has 2 N–H and O–H groups in total. The van der Waals surface area contributed by atoms with Gasteiger partial charge in [-0.3, -0.25) is 4.79 Å². The minimum atomic E-state index is -3.72. The maximum atomic E-state index is 12.7. The third-order valence-corrected chi connectivity index (χ3v) is 6.37. The lowest BCUT2D eigenvalue weighted by molar-refractivity contribution is -0.118. The highest BCUT2D eigenvalue weighted by molar-refractivity contribution is 7.89. The highest BCUT2D eigenvalue weighted by atomic mass is 32.2. The van der Waals surface area contributed by atoms with Crippen molar-refractivity contribution in [3.63, 3.8) is 0 Å². The zero-order valence-corrected chi connectivity index (χ0v) is 19.4. The zero-order chi connectivity index (χ0) is 23.8. The molecular weight excluding hydrogens is 444 g/mol. The lowest BCUT2D eigenvalue weighted by atomic mass is 10.1. The summed E-state index contributed by atoms with van der Waals surface area (Å²) < 4.78 is 43.9. The molecule has 0 saturated carbocycles. The molecule has 0 aromatic heterocycles. The molecule has 0 unspecified atom stereocenters. The van der Waals surface area contributed by atoms with Crippen molar-refractivity contribution in [3.8, 4) is 17.2 Å². The van der Waals surface area contributed by atoms with E-state index in [9.17, 15) is 13.2 Å². The molecule has 1 amide bonds. The second-order valence-electron chi connectivity index (χ2n) is 7.13. The fraction of sp³-hybridized carbons (Fsp3) is 0.208. The van der Waals surface area contributed by atoms with Gasteiger partial charge in [0, 0.05) is 12.1 Å². The Morgan fingerprint density at radius 1 is 0.909 bits per heavy atom. The van der Waals surface area contributed by atoms with Crippen LogP contribution >= 0.6 is 0 Å². The van der Waals surface area contributed by atoms with E-state index in [1.54, 1.807) is 25.1 Å². The van der Waals surface area contributed by atoms with Gasteiger partial charge in [-0.15, -0.1) is 0 Å². The molecule has 0 fully saturated rings. The minimum Gasteiger partial charge on any atom is -0.497 e. The lowest BCUT2D eigenvalue weighted by Crippen LogP contribution is -2.26. The van der Waals surface area contributed by atoms with Crippen LogP contribution < -0.4 is 24.2 Å². The van der Waals surface area contributed by atoms with Gasteiger partial charge in [-0.1, -0.05) is 30.3 Å². The number of anilines is 1. The molecule has 33 heavy (non-hydrogen) atoms. The molecule has 0 aliphatic carbocycles. The molecule has 1 atom stereocenters. The summed E-state index contributed by atoms with van der Waals surface area (Å²) in [5, 5.41) is 2.70. The molecule has 8 nitrogen and oxygen atoms in total. The summed E-state index contributed by atoms with van der Waals surface area (Å²) in [7, 11) is -0.696. The number of rotatable bonds is 10. The smallest absolute Gasteiger partial charge is 0.262 e. The van der Waals surface area contributed by atoms with Gasteiger partial charge in [0.05, 0.1) is 24.8 Å². The van der Waals surface area contributed by atoms with E-state index in [0.29, 0.717) is 22.9 Å². The molecule has 3 aromatic rings. The first-order chi connectivity index (χ1) is 15.8. The molecule has 0 heterocycles. The van der Waals surface area contributed by atoms with Crippen molar-refractivity contribution in [2.45, 2.75) is 17.9 Å². The van der Waals surface area contributed by atoms with Crippen molar-refractivity contribution < 1.29 is 27.4 Å². The average Bonchev–Trinajstić information content (AvgIpc) is 2.83. The van der Waals surface area contributed by atoms with Gasteiger partial charge in [0.25, 0.3) is 5.91 Å². The van der Waals surface area contributed by atoms with E-state index in [2.05, 4.69) is 10.0 Å². The molecule has 0 aliphatic rings. The Balaban J connectivity index is 1.59. The summed E-state index contributed by atoms with van der Waals surface area (Å²) in [6, 6.07) is 19.8. The van der Waals surface area contributed by atoms with E-state index in [-0.39, 0.29) is 17.5 Å². The minimum absolute atomic E-state index is 0.100. The summed E-state index contributed by atoms with van der Waals surface area (Å²) in [6.45, 7) is 1.51. The van der Waals surface area contributed by atoms with Crippen LogP contribution in [0, 0.1) is 0 Å². The van der Waals surface area contributed by atoms with E-state index in [4.69, 9.17) is 14.2 Å². The molecule has 0 radical (unpaired) electrons. The van der Waals surface area contributed by atoms with Gasteiger partial charge in [-0.25, -0.2) is 13.1 Å². The van der Waals surface area contributed by atoms with Crippen molar-refractivity contribution in [2.24, 2.45) is 0 Å². The maximum Gasteiger partial charge on any atom is 0.262 e. The van der Waals surface area contributed by atoms with Crippen LogP contribution in [0.4, 0.5) is 5.69 Å². The molecule has 3 rings (SSSR count). The summed E-state index contributed by atoms with van der Waals surface area (Å²) in [5.74, 6) is 1.00. The van der Waals surface area contributed by atoms with Gasteiger partial charge < -0.3 is 19.5 Å². The van der Waals surface area contributed by atoms with Gasteiger partial charge in [-0.2, -0.15) is 0 Å². The SMILES string of the molecule is COc1ccc(OC)c(NC(=O)COc2ccc(S(=O)(=O)N[C@@H](C)c3ccccc3)cc2)c1. The van der Waals surface area contributed by atoms with Crippen molar-refractivity contribution in [3.05, 3.63) is 78.4 Å². The summed E-state index contributed by atoms with van der Waals surface area (Å²) in [4.78, 5) is 12.4. The topological polar surface area (TPSA) is 103 Å². The molecule has 0 bridgehead atoms. The third kappa shape index (κ3) is 6.47. The van der Waals surface area contributed by atoms with Crippen molar-refractivity contribution in [1.29, 1.82) is 0 Å². The quantitative estimate of drug-likeness (QED) is 0.468. The largest absolute Gasteiger partial charge is 0.497 e. The second kappa shape index (κ2) is 10.8. The van der Waals surface area contributed by atoms with E-state index < -0.39 is 15.9 Å². The number of carbonyl (C=O) groups excluding carboxylic acids is 1. The van der Waals surface area contributed by atoms with E-state index in [0.717, 1.165) is 5.56 Å². The third-order valence-electron chi connectivity index (χ3n) is 4.82. The Hall–Kier alpha value is -3.56. The number of carbonyl (C=O) groups is 1. The summed E-state index contributed by atoms with van der Waals surface area (Å²) in [5.41, 5.74) is 1.31. The molecule has 0 aliphatic heterocycles. The Morgan fingerprint density at radius 2 is 1.58 bits per heavy atom. The first-order valence-corrected chi connectivity index (χ1v) is 11.6. The van der Waals surface area contributed by atoms with Gasteiger partial charge in [0.1, 0.15) is 17.2 Å². The van der Waals surface area contributed by atoms with Crippen LogP contribution in [-0.2, 0) is 14.8 Å². The first kappa shape index (κ1) is 24.1. The van der Waals surface area contributed by atoms with Gasteiger partial charge >= 0.3 is 0 Å². The highest BCUT2D eigenvalue weighted by Crippen LogP contribution is 2.29. The molecule has 0 spiro atoms. The van der Waals surface area contributed by atoms with Crippen molar-refractivity contribution >= 4 is 21.6 Å². The predicted molar refractivity (Wildman–Crippen MR) is 125 cm³/mol. The van der Waals surface area contributed by atoms with Crippen LogP contribution in [0.3, 0.4) is 0 Å². The normalized spacial score (nSPS) is 12.0. The molecule has 3 aromatic carbocycles. The van der Waals surface area contributed by atoms with E-state index >= 15 is 0 Å². The van der Waals surface area contributed by atoms with Crippen LogP contribution in [0.15, 0.2) is 77.7 Å². The number of nitrogens with one attached hydrogen (secondary N) is 2. The Labute approximate surface area is 193 Å². The van der Waals surface area contributed by atoms with Crippen LogP contribution in [-0.4, -0.2) is 35.2 Å². The first-order valence-electron chi connectivity index (χ1n) is 10.1. The molecule has 0 saturated heterocycles. The fourth-order valence-corrected chi connectivity index (χ4v) is 4.30. The molecule has 9 heteroatoms. The number of ether oxygens (including phenoxy) is 3. The van der Waals surface area contributed by atoms with Crippen LogP contribution in [0.25, 0.3) is 0 Å². The molecule has 174 valence electrons. The Morgan fingerprint density at radius 3 is 2.21 bits per heavy atom. The second-order valence-corrected chi connectivity index (χ2v) is 8.84. The van der Waals surface area contributed by atoms with E-state index in [1.165, 1.54) is 38.5 Å². The van der Waals surface area contributed by atoms with Crippen molar-refractivity contribution in [2.75, 3.05) is 26.1 Å². The standard InChI is InChI=1S/C24H26N2O6S/c1-17(18-7-5-4-6-8-18)26-33(28,29)21-12-9-19(10-13-21)32-16-24(27)25-22-15-20(30-2)11-14-23(22)31-3/h4-15,17,26H,16H2,1-3H3,(H,25,27)/t17-/m0/s1. The Kier molecular flexibility index (Phi) is 7.92. The van der Waals surface area contributed by atoms with Gasteiger partial charge in [0.15, 0.2) is 6.61 Å². The number of sulfonamides is 1. The number of hydrogen-bond acceptors (Lipinski definition) is 6. The number of methoxy groups -OCH3 is 2. The monoisotopic (exact) mass is 470 g/mol. The fourth-order valence-electron chi connectivity index (χ4n) is 3.07. The van der Waals surface area contributed by atoms with Crippen LogP contribution in [0.5, 0.6) is 17.2 Å². The summed E-state index contributed by atoms with van der Waals surface area (Å²) >= 11 is 0. The van der Waals surface area contributed by atoms with E-state index in [1.807, 2.05) is 30.3 Å². The number of benzene rings is 3. The average molecular weight is 471 g/mol. The van der Waals surface area contributed by atoms with Crippen LogP contribution in [0.2, 0.25) is 0 Å². The van der Waals surface area contributed by atoms with Gasteiger partial charge in [0.2, 0.25) is 10.0 Å². The van der Waals surface area contributed by atoms with Crippen molar-refractivity contribution in [1.82, 2.24) is 4.72 Å². The number of hydrogen-bond donors (Lipinski definition) is 2. The summed E-state index contributed by atoms with van der Waals surface area (Å²) in [6.07, 6.45) is 0.